The molecule has 0 spiro atoms. The summed E-state index contributed by atoms with van der Waals surface area (Å²) in [5.41, 5.74) is 0. The summed E-state index contributed by atoms with van der Waals surface area (Å²) in [5.74, 6) is -1.06. The highest BCUT2D eigenvalue weighted by molar-refractivity contribution is 5.74. The summed E-state index contributed by atoms with van der Waals surface area (Å²) in [4.78, 5) is 10.5. The lowest BCUT2D eigenvalue weighted by molar-refractivity contribution is -0.162. The predicted octanol–water partition coefficient (Wildman–Crippen LogP) is -2.77. The van der Waals surface area contributed by atoms with E-state index in [1.165, 1.54) is 0 Å². The second-order valence-corrected chi connectivity index (χ2v) is 2.21. The zero-order chi connectivity index (χ0) is 9.72. The fourth-order valence-electron chi connectivity index (χ4n) is 0.579. The van der Waals surface area contributed by atoms with Crippen LogP contribution in [-0.4, -0.2) is 58.4 Å². The fraction of sp³-hybridized carbons (Fsp3) is 0.833. The Hall–Kier alpha value is -0.690. The van der Waals surface area contributed by atoms with Crippen LogP contribution in [0.1, 0.15) is 0 Å². The van der Waals surface area contributed by atoms with E-state index in [1.54, 1.807) is 0 Å². The molecule has 0 aromatic rings. The molecule has 0 aliphatic carbocycles. The van der Waals surface area contributed by atoms with E-state index in [-0.39, 0.29) is 0 Å². The standard InChI is InChI=1S/C6H12O6/c1-12-6(11)5(10)4(9)3(8)2-7/h3-5,7-10H,2H2,1H3. The highest BCUT2D eigenvalue weighted by Crippen LogP contribution is 2.01. The monoisotopic (exact) mass is 180 g/mol. The molecule has 72 valence electrons. The van der Waals surface area contributed by atoms with Crippen LogP contribution in [0.5, 0.6) is 0 Å². The SMILES string of the molecule is COC(=O)C(O)C(O)C(O)CO. The van der Waals surface area contributed by atoms with Crippen LogP contribution >= 0.6 is 0 Å². The van der Waals surface area contributed by atoms with Crippen LogP contribution in [0.4, 0.5) is 0 Å². The van der Waals surface area contributed by atoms with Gasteiger partial charge in [-0.2, -0.15) is 0 Å². The Morgan fingerprint density at radius 1 is 1.42 bits per heavy atom. The van der Waals surface area contributed by atoms with Gasteiger partial charge in [-0.3, -0.25) is 0 Å². The van der Waals surface area contributed by atoms with Crippen molar-refractivity contribution in [3.05, 3.63) is 0 Å². The number of carbonyl (C=O) groups is 1. The number of esters is 1. The predicted molar refractivity (Wildman–Crippen MR) is 37.1 cm³/mol. The number of carbonyl (C=O) groups excluding carboxylic acids is 1. The third-order valence-electron chi connectivity index (χ3n) is 1.35. The van der Waals surface area contributed by atoms with Crippen molar-refractivity contribution < 1.29 is 30.0 Å². The van der Waals surface area contributed by atoms with E-state index >= 15 is 0 Å². The molecule has 0 amide bonds. The van der Waals surface area contributed by atoms with Crippen LogP contribution in [0.3, 0.4) is 0 Å². The number of aliphatic hydroxyl groups excluding tert-OH is 4. The number of aliphatic hydroxyl groups is 4. The molecule has 4 N–H and O–H groups in total. The second kappa shape index (κ2) is 5.04. The van der Waals surface area contributed by atoms with Crippen LogP contribution in [0.25, 0.3) is 0 Å². The Kier molecular flexibility index (Phi) is 4.75. The smallest absolute Gasteiger partial charge is 0.337 e. The van der Waals surface area contributed by atoms with Gasteiger partial charge in [-0.15, -0.1) is 0 Å². The van der Waals surface area contributed by atoms with Crippen LogP contribution in [0.2, 0.25) is 0 Å². The zero-order valence-corrected chi connectivity index (χ0v) is 6.54. The minimum Gasteiger partial charge on any atom is -0.467 e. The molecule has 0 bridgehead atoms. The van der Waals surface area contributed by atoms with Crippen LogP contribution in [-0.2, 0) is 9.53 Å². The molecule has 0 aromatic carbocycles. The van der Waals surface area contributed by atoms with Crippen LogP contribution in [0.15, 0.2) is 0 Å². The molecule has 3 atom stereocenters. The molecular formula is C6H12O6. The third-order valence-corrected chi connectivity index (χ3v) is 1.35. The topological polar surface area (TPSA) is 107 Å². The summed E-state index contributed by atoms with van der Waals surface area (Å²) in [5, 5.41) is 34.9. The molecule has 0 radical (unpaired) electrons. The lowest BCUT2D eigenvalue weighted by Gasteiger charge is -2.19. The van der Waals surface area contributed by atoms with Crippen LogP contribution in [0, 0.1) is 0 Å². The number of hydrogen-bond donors (Lipinski definition) is 4. The van der Waals surface area contributed by atoms with Gasteiger partial charge in [0, 0.05) is 0 Å². The summed E-state index contributed by atoms with van der Waals surface area (Å²) in [6.45, 7) is -0.741. The molecule has 12 heavy (non-hydrogen) atoms. The van der Waals surface area contributed by atoms with E-state index in [9.17, 15) is 4.79 Å². The first-order valence-corrected chi connectivity index (χ1v) is 3.27. The van der Waals surface area contributed by atoms with Crippen molar-refractivity contribution in [3.63, 3.8) is 0 Å². The minimum atomic E-state index is -1.84. The third kappa shape index (κ3) is 2.74. The Morgan fingerprint density at radius 3 is 2.25 bits per heavy atom. The van der Waals surface area contributed by atoms with E-state index in [2.05, 4.69) is 4.74 Å². The van der Waals surface area contributed by atoms with Gasteiger partial charge in [0.05, 0.1) is 13.7 Å². The van der Waals surface area contributed by atoms with Gasteiger partial charge in [-0.05, 0) is 0 Å². The van der Waals surface area contributed by atoms with E-state index < -0.39 is 30.9 Å². The summed E-state index contributed by atoms with van der Waals surface area (Å²) in [6.07, 6.45) is -5.13. The van der Waals surface area contributed by atoms with E-state index in [0.717, 1.165) is 7.11 Å². The first-order chi connectivity index (χ1) is 5.54. The maximum atomic E-state index is 10.5. The lowest BCUT2D eigenvalue weighted by Crippen LogP contribution is -2.44. The molecule has 3 unspecified atom stereocenters. The van der Waals surface area contributed by atoms with Crippen molar-refractivity contribution in [2.75, 3.05) is 13.7 Å². The van der Waals surface area contributed by atoms with Crippen molar-refractivity contribution in [1.29, 1.82) is 0 Å². The van der Waals surface area contributed by atoms with Gasteiger partial charge in [-0.25, -0.2) is 4.79 Å². The zero-order valence-electron chi connectivity index (χ0n) is 6.54. The Labute approximate surface area is 69.0 Å². The van der Waals surface area contributed by atoms with Crippen molar-refractivity contribution >= 4 is 5.97 Å². The molecular weight excluding hydrogens is 168 g/mol. The summed E-state index contributed by atoms with van der Waals surface area (Å²) in [7, 11) is 1.03. The minimum absolute atomic E-state index is 0.741. The van der Waals surface area contributed by atoms with Gasteiger partial charge in [0.1, 0.15) is 12.2 Å². The Balaban J connectivity index is 4.08. The highest BCUT2D eigenvalue weighted by Gasteiger charge is 2.30. The molecule has 6 nitrogen and oxygen atoms in total. The Bertz CT molecular complexity index is 147. The molecule has 0 aromatic heterocycles. The quantitative estimate of drug-likeness (QED) is 0.349. The normalized spacial score (nSPS) is 18.1. The number of rotatable bonds is 4. The van der Waals surface area contributed by atoms with Gasteiger partial charge in [0.25, 0.3) is 0 Å². The van der Waals surface area contributed by atoms with Crippen LogP contribution < -0.4 is 0 Å². The molecule has 0 saturated heterocycles. The molecule has 0 heterocycles. The molecule has 0 fully saturated rings. The van der Waals surface area contributed by atoms with Crippen molar-refractivity contribution in [3.8, 4) is 0 Å². The van der Waals surface area contributed by atoms with Gasteiger partial charge >= 0.3 is 5.97 Å². The molecule has 0 aliphatic rings. The second-order valence-electron chi connectivity index (χ2n) is 2.21. The van der Waals surface area contributed by atoms with E-state index in [4.69, 9.17) is 20.4 Å². The number of methoxy groups -OCH3 is 1. The molecule has 6 heteroatoms. The van der Waals surface area contributed by atoms with Gasteiger partial charge in [0.15, 0.2) is 6.10 Å². The van der Waals surface area contributed by atoms with Crippen molar-refractivity contribution in [2.24, 2.45) is 0 Å². The lowest BCUT2D eigenvalue weighted by atomic mass is 10.1. The molecule has 0 saturated carbocycles. The summed E-state index contributed by atoms with van der Waals surface area (Å²) in [6, 6.07) is 0. The molecule has 0 aliphatic heterocycles. The first kappa shape index (κ1) is 11.3. The number of hydrogen-bond acceptors (Lipinski definition) is 6. The number of ether oxygens (including phenoxy) is 1. The van der Waals surface area contributed by atoms with Crippen molar-refractivity contribution in [2.45, 2.75) is 18.3 Å². The average Bonchev–Trinajstić information content (AvgIpc) is 2.12. The maximum Gasteiger partial charge on any atom is 0.337 e. The van der Waals surface area contributed by atoms with Gasteiger partial charge in [-0.1, -0.05) is 0 Å². The summed E-state index contributed by atoms with van der Waals surface area (Å²) >= 11 is 0. The van der Waals surface area contributed by atoms with Gasteiger partial charge < -0.3 is 25.2 Å². The van der Waals surface area contributed by atoms with Gasteiger partial charge in [0.2, 0.25) is 0 Å². The average molecular weight is 180 g/mol. The summed E-state index contributed by atoms with van der Waals surface area (Å²) < 4.78 is 4.09. The van der Waals surface area contributed by atoms with E-state index in [1.807, 2.05) is 0 Å². The fourth-order valence-corrected chi connectivity index (χ4v) is 0.579. The molecule has 0 rings (SSSR count). The van der Waals surface area contributed by atoms with E-state index in [0.29, 0.717) is 0 Å². The first-order valence-electron chi connectivity index (χ1n) is 3.27. The largest absolute Gasteiger partial charge is 0.467 e. The van der Waals surface area contributed by atoms with Crippen molar-refractivity contribution in [1.82, 2.24) is 0 Å². The highest BCUT2D eigenvalue weighted by atomic mass is 16.5. The maximum absolute atomic E-state index is 10.5. The Morgan fingerprint density at radius 2 is 1.92 bits per heavy atom.